The Morgan fingerprint density at radius 1 is 1.56 bits per heavy atom. The second-order valence-corrected chi connectivity index (χ2v) is 3.02. The lowest BCUT2D eigenvalue weighted by Gasteiger charge is -2.01. The topological polar surface area (TPSA) is 69.4 Å². The van der Waals surface area contributed by atoms with Crippen LogP contribution in [0, 0.1) is 11.8 Å². The van der Waals surface area contributed by atoms with E-state index in [2.05, 4.69) is 11.8 Å². The third kappa shape index (κ3) is 3.14. The normalized spacial score (nSPS) is 8.81. The Morgan fingerprint density at radius 2 is 2.31 bits per heavy atom. The van der Waals surface area contributed by atoms with Gasteiger partial charge in [0, 0.05) is 11.1 Å². The molecule has 0 aliphatic heterocycles. The van der Waals surface area contributed by atoms with Gasteiger partial charge < -0.3 is 10.5 Å². The minimum absolute atomic E-state index is 0.0322. The molecule has 0 saturated heterocycles. The van der Waals surface area contributed by atoms with Gasteiger partial charge in [-0.2, -0.15) is 0 Å². The fourth-order valence-electron chi connectivity index (χ4n) is 1.10. The highest BCUT2D eigenvalue weighted by Gasteiger charge is 2.00. The first kappa shape index (κ1) is 11.8. The number of hydrogen-bond donors (Lipinski definition) is 1. The molecule has 4 nitrogen and oxygen atoms in total. The fourth-order valence-corrected chi connectivity index (χ4v) is 1.10. The van der Waals surface area contributed by atoms with Crippen LogP contribution in [0.1, 0.15) is 22.3 Å². The minimum atomic E-state index is -0.497. The number of hydrogen-bond acceptors (Lipinski definition) is 3. The van der Waals surface area contributed by atoms with Crippen LogP contribution >= 0.6 is 0 Å². The van der Waals surface area contributed by atoms with Crippen molar-refractivity contribution in [3.8, 4) is 17.6 Å². The molecule has 0 fully saturated rings. The van der Waals surface area contributed by atoms with Gasteiger partial charge in [0.05, 0.1) is 13.5 Å². The van der Waals surface area contributed by atoms with Crippen molar-refractivity contribution in [2.75, 3.05) is 7.11 Å². The summed E-state index contributed by atoms with van der Waals surface area (Å²) in [5.41, 5.74) is 5.93. The van der Waals surface area contributed by atoms with Crippen molar-refractivity contribution < 1.29 is 14.3 Å². The highest BCUT2D eigenvalue weighted by atomic mass is 16.5. The summed E-state index contributed by atoms with van der Waals surface area (Å²) < 4.78 is 5.01. The Kier molecular flexibility index (Phi) is 4.10. The van der Waals surface area contributed by atoms with Gasteiger partial charge in [0.1, 0.15) is 5.75 Å². The van der Waals surface area contributed by atoms with Crippen molar-refractivity contribution in [1.29, 1.82) is 0 Å². The number of ether oxygens (including phenoxy) is 1. The number of carbonyl (C=O) groups is 2. The van der Waals surface area contributed by atoms with Gasteiger partial charge in [-0.05, 0) is 18.2 Å². The molecule has 0 aliphatic rings. The molecule has 0 saturated carbocycles. The van der Waals surface area contributed by atoms with Crippen LogP contribution in [-0.4, -0.2) is 19.3 Å². The van der Waals surface area contributed by atoms with E-state index in [1.165, 1.54) is 7.11 Å². The third-order valence-electron chi connectivity index (χ3n) is 1.87. The van der Waals surface area contributed by atoms with Crippen molar-refractivity contribution >= 4 is 12.2 Å². The van der Waals surface area contributed by atoms with Gasteiger partial charge in [0.15, 0.2) is 6.29 Å². The Balaban J connectivity index is 3.02. The number of benzene rings is 1. The molecule has 1 rings (SSSR count). The van der Waals surface area contributed by atoms with Crippen LogP contribution in [-0.2, 0) is 4.79 Å². The Hall–Kier alpha value is -2.28. The molecule has 16 heavy (non-hydrogen) atoms. The van der Waals surface area contributed by atoms with E-state index >= 15 is 0 Å². The van der Waals surface area contributed by atoms with E-state index in [1.54, 1.807) is 18.2 Å². The van der Waals surface area contributed by atoms with E-state index in [9.17, 15) is 9.59 Å². The number of aldehydes is 1. The van der Waals surface area contributed by atoms with Crippen LogP contribution < -0.4 is 10.5 Å². The first-order chi connectivity index (χ1) is 7.67. The molecule has 1 aromatic carbocycles. The molecule has 0 heterocycles. The molecule has 1 amide bonds. The van der Waals surface area contributed by atoms with Crippen molar-refractivity contribution in [3.63, 3.8) is 0 Å². The number of carbonyl (C=O) groups excluding carboxylic acids is 2. The fraction of sp³-hybridized carbons (Fsp3) is 0.167. The summed E-state index contributed by atoms with van der Waals surface area (Å²) >= 11 is 0. The molecular weight excluding hydrogens is 206 g/mol. The van der Waals surface area contributed by atoms with E-state index in [1.807, 2.05) is 0 Å². The quantitative estimate of drug-likeness (QED) is 0.599. The molecule has 0 bridgehead atoms. The SMILES string of the molecule is COc1ccc(C=O)c(C#CCC(N)=O)c1. The Morgan fingerprint density at radius 3 is 2.88 bits per heavy atom. The van der Waals surface area contributed by atoms with Crippen molar-refractivity contribution in [2.45, 2.75) is 6.42 Å². The van der Waals surface area contributed by atoms with E-state index < -0.39 is 5.91 Å². The van der Waals surface area contributed by atoms with Crippen LogP contribution in [0.4, 0.5) is 0 Å². The molecule has 2 N–H and O–H groups in total. The molecule has 4 heteroatoms. The number of rotatable bonds is 3. The van der Waals surface area contributed by atoms with Crippen molar-refractivity contribution in [1.82, 2.24) is 0 Å². The summed E-state index contributed by atoms with van der Waals surface area (Å²) in [5, 5.41) is 0. The van der Waals surface area contributed by atoms with Crippen molar-refractivity contribution in [3.05, 3.63) is 29.3 Å². The second-order valence-electron chi connectivity index (χ2n) is 3.02. The van der Waals surface area contributed by atoms with Gasteiger partial charge in [-0.3, -0.25) is 9.59 Å². The summed E-state index contributed by atoms with van der Waals surface area (Å²) in [6.45, 7) is 0. The zero-order valence-corrected chi connectivity index (χ0v) is 8.82. The number of nitrogens with two attached hydrogens (primary N) is 1. The van der Waals surface area contributed by atoms with E-state index in [-0.39, 0.29) is 6.42 Å². The summed E-state index contributed by atoms with van der Waals surface area (Å²) in [7, 11) is 1.52. The van der Waals surface area contributed by atoms with Gasteiger partial charge >= 0.3 is 0 Å². The van der Waals surface area contributed by atoms with Gasteiger partial charge in [0.2, 0.25) is 5.91 Å². The Bertz CT molecular complexity index is 469. The molecule has 1 aromatic rings. The van der Waals surface area contributed by atoms with Crippen LogP contribution in [0.3, 0.4) is 0 Å². The van der Waals surface area contributed by atoms with Crippen LogP contribution in [0.25, 0.3) is 0 Å². The van der Waals surface area contributed by atoms with Crippen LogP contribution in [0.15, 0.2) is 18.2 Å². The smallest absolute Gasteiger partial charge is 0.229 e. The maximum absolute atomic E-state index is 10.7. The van der Waals surface area contributed by atoms with E-state index in [0.29, 0.717) is 23.2 Å². The maximum atomic E-state index is 10.7. The van der Waals surface area contributed by atoms with Gasteiger partial charge in [-0.1, -0.05) is 11.8 Å². The lowest BCUT2D eigenvalue weighted by Crippen LogP contribution is -2.08. The highest BCUT2D eigenvalue weighted by Crippen LogP contribution is 2.15. The first-order valence-electron chi connectivity index (χ1n) is 4.57. The molecule has 0 radical (unpaired) electrons. The summed E-state index contributed by atoms with van der Waals surface area (Å²) in [5.74, 6) is 5.40. The second kappa shape index (κ2) is 5.56. The van der Waals surface area contributed by atoms with Gasteiger partial charge in [0.25, 0.3) is 0 Å². The number of amides is 1. The molecular formula is C12H11NO3. The predicted octanol–water partition coefficient (Wildman–Crippen LogP) is 0.735. The predicted molar refractivity (Wildman–Crippen MR) is 59.1 cm³/mol. The standard InChI is InChI=1S/C12H11NO3/c1-16-11-6-5-10(8-14)9(7-11)3-2-4-12(13)15/h5-8H,4H2,1H3,(H2,13,15). The lowest BCUT2D eigenvalue weighted by atomic mass is 10.1. The minimum Gasteiger partial charge on any atom is -0.497 e. The number of methoxy groups -OCH3 is 1. The lowest BCUT2D eigenvalue weighted by molar-refractivity contribution is -0.117. The molecule has 0 unspecified atom stereocenters. The van der Waals surface area contributed by atoms with Crippen molar-refractivity contribution in [2.24, 2.45) is 5.73 Å². The van der Waals surface area contributed by atoms with Gasteiger partial charge in [-0.25, -0.2) is 0 Å². The highest BCUT2D eigenvalue weighted by molar-refractivity contribution is 5.80. The number of primary amides is 1. The van der Waals surface area contributed by atoms with E-state index in [4.69, 9.17) is 10.5 Å². The van der Waals surface area contributed by atoms with Crippen LogP contribution in [0.5, 0.6) is 5.75 Å². The zero-order chi connectivity index (χ0) is 12.0. The summed E-state index contributed by atoms with van der Waals surface area (Å²) in [6, 6.07) is 4.92. The average molecular weight is 217 g/mol. The molecule has 82 valence electrons. The van der Waals surface area contributed by atoms with E-state index in [0.717, 1.165) is 0 Å². The monoisotopic (exact) mass is 217 g/mol. The molecule has 0 atom stereocenters. The van der Waals surface area contributed by atoms with Crippen LogP contribution in [0.2, 0.25) is 0 Å². The van der Waals surface area contributed by atoms with Gasteiger partial charge in [-0.15, -0.1) is 0 Å². The zero-order valence-electron chi connectivity index (χ0n) is 8.82. The first-order valence-corrected chi connectivity index (χ1v) is 4.57. The summed E-state index contributed by atoms with van der Waals surface area (Å²) in [6.07, 6.45) is 0.670. The average Bonchev–Trinajstić information content (AvgIpc) is 2.28. The Labute approximate surface area is 93.4 Å². The molecule has 0 aliphatic carbocycles. The molecule has 0 aromatic heterocycles. The largest absolute Gasteiger partial charge is 0.497 e. The third-order valence-corrected chi connectivity index (χ3v) is 1.87. The molecule has 0 spiro atoms. The maximum Gasteiger partial charge on any atom is 0.229 e. The summed E-state index contributed by atoms with van der Waals surface area (Å²) in [4.78, 5) is 21.2.